The van der Waals surface area contributed by atoms with Crippen molar-refractivity contribution >= 4 is 24.6 Å². The van der Waals surface area contributed by atoms with Crippen molar-refractivity contribution in [3.8, 4) is 0 Å². The highest BCUT2D eigenvalue weighted by atomic mass is 19.1. The Labute approximate surface area is 244 Å². The number of halogens is 2. The van der Waals surface area contributed by atoms with Crippen LogP contribution in [0.4, 0.5) is 8.78 Å². The van der Waals surface area contributed by atoms with Crippen molar-refractivity contribution < 1.29 is 42.1 Å². The molecule has 11 heteroatoms. The number of rotatable bonds is 13. The Balaban J connectivity index is 2.34. The molecule has 0 aliphatic rings. The number of methoxy groups -OCH3 is 1. The molecule has 0 aromatic heterocycles. The van der Waals surface area contributed by atoms with Gasteiger partial charge in [0.15, 0.2) is 17.2 Å². The van der Waals surface area contributed by atoms with Gasteiger partial charge in [-0.15, -0.1) is 0 Å². The van der Waals surface area contributed by atoms with Crippen molar-refractivity contribution in [1.82, 2.24) is 5.32 Å². The van der Waals surface area contributed by atoms with Crippen LogP contribution in [0.25, 0.3) is 0 Å². The first-order valence-corrected chi connectivity index (χ1v) is 13.1. The SMILES string of the molecule is C=N/C(C(=O)N[C@@H](C)C(=O)O[C@@H](C)C(c1ccc(F)cc1C)c1ccc(F)cc1C)=C(OCOC(C)=O)\C(=C/C)OC. The summed E-state index contributed by atoms with van der Waals surface area (Å²) >= 11 is 0. The molecule has 0 fully saturated rings. The molecule has 1 N–H and O–H groups in total. The number of hydrogen-bond acceptors (Lipinski definition) is 8. The Morgan fingerprint density at radius 2 is 1.55 bits per heavy atom. The van der Waals surface area contributed by atoms with Crippen LogP contribution in [0.2, 0.25) is 0 Å². The lowest BCUT2D eigenvalue weighted by Crippen LogP contribution is -2.42. The summed E-state index contributed by atoms with van der Waals surface area (Å²) in [5, 5.41) is 2.50. The molecule has 1 amide bonds. The lowest BCUT2D eigenvalue weighted by atomic mass is 9.82. The molecule has 0 aliphatic carbocycles. The number of carbonyl (C=O) groups is 3. The first kappa shape index (κ1) is 33.7. The van der Waals surface area contributed by atoms with Gasteiger partial charge in [-0.1, -0.05) is 12.1 Å². The number of hydrogen-bond donors (Lipinski definition) is 1. The minimum Gasteiger partial charge on any atom is -0.493 e. The highest BCUT2D eigenvalue weighted by molar-refractivity contribution is 5.97. The van der Waals surface area contributed by atoms with E-state index in [0.29, 0.717) is 22.3 Å². The molecule has 0 radical (unpaired) electrons. The molecule has 0 aliphatic heterocycles. The van der Waals surface area contributed by atoms with Gasteiger partial charge in [-0.05, 0) is 93.9 Å². The lowest BCUT2D eigenvalue weighted by molar-refractivity contribution is -0.152. The van der Waals surface area contributed by atoms with E-state index in [4.69, 9.17) is 18.9 Å². The zero-order chi connectivity index (χ0) is 31.6. The fraction of sp³-hybridized carbons (Fsp3) is 0.355. The number of aryl methyl sites for hydroxylation is 2. The lowest BCUT2D eigenvalue weighted by Gasteiger charge is -2.29. The summed E-state index contributed by atoms with van der Waals surface area (Å²) in [5.74, 6) is -3.68. The van der Waals surface area contributed by atoms with Gasteiger partial charge in [0.1, 0.15) is 23.8 Å². The van der Waals surface area contributed by atoms with Crippen molar-refractivity contribution in [2.45, 2.75) is 59.6 Å². The molecule has 0 saturated heterocycles. The van der Waals surface area contributed by atoms with Gasteiger partial charge in [0, 0.05) is 12.8 Å². The number of aliphatic imine (C=N–C) groups is 1. The second-order valence-corrected chi connectivity index (χ2v) is 9.41. The molecule has 226 valence electrons. The van der Waals surface area contributed by atoms with E-state index in [9.17, 15) is 23.2 Å². The van der Waals surface area contributed by atoms with Crippen LogP contribution in [-0.2, 0) is 33.3 Å². The molecule has 2 aromatic rings. The van der Waals surface area contributed by atoms with Crippen LogP contribution < -0.4 is 5.32 Å². The molecule has 0 bridgehead atoms. The molecular weight excluding hydrogens is 550 g/mol. The van der Waals surface area contributed by atoms with E-state index in [0.717, 1.165) is 0 Å². The van der Waals surface area contributed by atoms with E-state index in [1.165, 1.54) is 51.3 Å². The maximum atomic E-state index is 13.9. The van der Waals surface area contributed by atoms with E-state index in [2.05, 4.69) is 17.0 Å². The Kier molecular flexibility index (Phi) is 12.4. The smallest absolute Gasteiger partial charge is 0.328 e. The number of ether oxygens (including phenoxy) is 4. The highest BCUT2D eigenvalue weighted by Crippen LogP contribution is 2.34. The van der Waals surface area contributed by atoms with Gasteiger partial charge >= 0.3 is 11.9 Å². The first-order chi connectivity index (χ1) is 19.8. The molecule has 0 spiro atoms. The van der Waals surface area contributed by atoms with Crippen molar-refractivity contribution in [3.63, 3.8) is 0 Å². The van der Waals surface area contributed by atoms with Crippen molar-refractivity contribution in [2.75, 3.05) is 13.9 Å². The average Bonchev–Trinajstić information content (AvgIpc) is 2.91. The summed E-state index contributed by atoms with van der Waals surface area (Å²) in [6.45, 7) is 12.2. The van der Waals surface area contributed by atoms with Crippen LogP contribution in [0.15, 0.2) is 64.7 Å². The predicted molar refractivity (Wildman–Crippen MR) is 152 cm³/mol. The topological polar surface area (TPSA) is 113 Å². The number of allylic oxidation sites excluding steroid dienone is 1. The Morgan fingerprint density at radius 1 is 1.00 bits per heavy atom. The van der Waals surface area contributed by atoms with Crippen LogP contribution >= 0.6 is 0 Å². The summed E-state index contributed by atoms with van der Waals surface area (Å²) < 4.78 is 49.0. The molecule has 2 atom stereocenters. The number of nitrogens with one attached hydrogen (secondary N) is 1. The number of nitrogens with zero attached hydrogens (tertiary/aromatic N) is 1. The number of esters is 2. The molecular formula is C31H36F2N2O7. The third kappa shape index (κ3) is 8.73. The second kappa shape index (κ2) is 15.5. The Bertz CT molecular complexity index is 1340. The van der Waals surface area contributed by atoms with Crippen molar-refractivity contribution in [2.24, 2.45) is 4.99 Å². The van der Waals surface area contributed by atoms with Crippen LogP contribution in [0, 0.1) is 25.5 Å². The number of amides is 1. The third-order valence-electron chi connectivity index (χ3n) is 6.37. The molecule has 2 rings (SSSR count). The van der Waals surface area contributed by atoms with Crippen molar-refractivity contribution in [3.05, 3.63) is 93.6 Å². The largest absolute Gasteiger partial charge is 0.493 e. The Morgan fingerprint density at radius 3 is 1.98 bits per heavy atom. The second-order valence-electron chi connectivity index (χ2n) is 9.41. The van der Waals surface area contributed by atoms with E-state index < -0.39 is 54.3 Å². The predicted octanol–water partition coefficient (Wildman–Crippen LogP) is 5.15. The number of carbonyl (C=O) groups excluding carboxylic acids is 3. The van der Waals surface area contributed by atoms with Gasteiger partial charge in [-0.2, -0.15) is 0 Å². The Hall–Kier alpha value is -4.54. The van der Waals surface area contributed by atoms with Gasteiger partial charge in [-0.25, -0.2) is 13.6 Å². The van der Waals surface area contributed by atoms with Crippen LogP contribution in [0.3, 0.4) is 0 Å². The van der Waals surface area contributed by atoms with E-state index in [-0.39, 0.29) is 17.2 Å². The molecule has 2 aromatic carbocycles. The normalized spacial score (nSPS) is 13.4. The maximum absolute atomic E-state index is 13.9. The minimum absolute atomic E-state index is 0.107. The fourth-order valence-electron chi connectivity index (χ4n) is 4.34. The zero-order valence-electron chi connectivity index (χ0n) is 24.7. The monoisotopic (exact) mass is 586 g/mol. The third-order valence-corrected chi connectivity index (χ3v) is 6.37. The molecule has 0 saturated carbocycles. The quantitative estimate of drug-likeness (QED) is 0.0863. The fourth-order valence-corrected chi connectivity index (χ4v) is 4.34. The molecule has 0 unspecified atom stereocenters. The highest BCUT2D eigenvalue weighted by Gasteiger charge is 2.30. The molecule has 0 heterocycles. The van der Waals surface area contributed by atoms with E-state index in [1.807, 2.05) is 0 Å². The van der Waals surface area contributed by atoms with Crippen LogP contribution in [0.5, 0.6) is 0 Å². The molecule has 42 heavy (non-hydrogen) atoms. The number of benzene rings is 2. The van der Waals surface area contributed by atoms with Gasteiger partial charge < -0.3 is 24.3 Å². The van der Waals surface area contributed by atoms with E-state index >= 15 is 0 Å². The van der Waals surface area contributed by atoms with E-state index in [1.54, 1.807) is 39.8 Å². The summed E-state index contributed by atoms with van der Waals surface area (Å²) in [5.41, 5.74) is 2.30. The molecule has 9 nitrogen and oxygen atoms in total. The zero-order valence-corrected chi connectivity index (χ0v) is 24.7. The maximum Gasteiger partial charge on any atom is 0.328 e. The van der Waals surface area contributed by atoms with Crippen LogP contribution in [0.1, 0.15) is 55.9 Å². The van der Waals surface area contributed by atoms with Gasteiger partial charge in [0.05, 0.1) is 7.11 Å². The summed E-state index contributed by atoms with van der Waals surface area (Å²) in [6.07, 6.45) is 0.694. The minimum atomic E-state index is -1.16. The summed E-state index contributed by atoms with van der Waals surface area (Å²) in [4.78, 5) is 41.2. The van der Waals surface area contributed by atoms with Crippen LogP contribution in [-0.4, -0.2) is 50.6 Å². The first-order valence-electron chi connectivity index (χ1n) is 13.1. The standard InChI is InChI=1S/C31H36F2N2O7/c1-9-26(39-8)29(41-16-40-21(6)36)28(34-7)30(37)35-19(4)31(38)42-20(5)27(24-12-10-22(32)14-17(24)2)25-13-11-23(33)15-18(25)3/h9-15,19-20,27H,7,16H2,1-6,8H3,(H,35,37)/b26-9+,29-28+/t19-,20-/m0/s1. The summed E-state index contributed by atoms with van der Waals surface area (Å²) in [7, 11) is 1.34. The average molecular weight is 587 g/mol. The summed E-state index contributed by atoms with van der Waals surface area (Å²) in [6, 6.07) is 7.40. The van der Waals surface area contributed by atoms with Gasteiger partial charge in [0.2, 0.25) is 6.79 Å². The van der Waals surface area contributed by atoms with Gasteiger partial charge in [0.25, 0.3) is 5.91 Å². The van der Waals surface area contributed by atoms with Gasteiger partial charge in [-0.3, -0.25) is 14.6 Å². The van der Waals surface area contributed by atoms with Crippen molar-refractivity contribution in [1.29, 1.82) is 0 Å².